The molecule has 9 heteroatoms. The smallest absolute Gasteiger partial charge is 0.273 e. The van der Waals surface area contributed by atoms with E-state index in [1.54, 1.807) is 24.3 Å². The minimum absolute atomic E-state index is 0.0121. The number of H-pyrrole nitrogens is 1. The summed E-state index contributed by atoms with van der Waals surface area (Å²) < 4.78 is 1.15. The van der Waals surface area contributed by atoms with Crippen LogP contribution in [0.4, 0.5) is 5.69 Å². The molecular formula is C24H27N5O4. The number of carbonyl (C=O) groups excluding carboxylic acids is 2. The fourth-order valence-corrected chi connectivity index (χ4v) is 4.03. The van der Waals surface area contributed by atoms with Crippen LogP contribution in [-0.4, -0.2) is 59.2 Å². The number of aromatic nitrogens is 2. The summed E-state index contributed by atoms with van der Waals surface area (Å²) in [4.78, 5) is 53.4. The summed E-state index contributed by atoms with van der Waals surface area (Å²) in [5.74, 6) is -0.268. The minimum Gasteiger partial charge on any atom is -0.368 e. The summed E-state index contributed by atoms with van der Waals surface area (Å²) >= 11 is 0. The number of rotatable bonds is 7. The Kier molecular flexibility index (Phi) is 6.87. The second-order valence-electron chi connectivity index (χ2n) is 8.00. The fraction of sp³-hybridized carbons (Fsp3) is 0.333. The topological polar surface area (TPSA) is 108 Å². The van der Waals surface area contributed by atoms with E-state index in [2.05, 4.69) is 27.4 Å². The summed E-state index contributed by atoms with van der Waals surface area (Å²) in [6.07, 6.45) is 0.252. The summed E-state index contributed by atoms with van der Waals surface area (Å²) in [7, 11) is 0. The van der Waals surface area contributed by atoms with Crippen molar-refractivity contribution in [2.24, 2.45) is 0 Å². The number of benzene rings is 2. The first kappa shape index (κ1) is 22.3. The van der Waals surface area contributed by atoms with Gasteiger partial charge in [0, 0.05) is 51.3 Å². The van der Waals surface area contributed by atoms with Gasteiger partial charge in [-0.3, -0.25) is 24.3 Å². The van der Waals surface area contributed by atoms with Crippen molar-refractivity contribution in [2.45, 2.75) is 19.4 Å². The molecule has 2 heterocycles. The second kappa shape index (κ2) is 10.2. The van der Waals surface area contributed by atoms with Crippen molar-refractivity contribution in [3.63, 3.8) is 0 Å². The standard InChI is InChI=1S/C24H27N5O4/c30-21(11-13-29-24(33)20-9-5-4-8-19(20)23(32)26-29)25-12-10-22(31)28-16-14-27(15-17-28)18-6-2-1-3-7-18/h1-9H,10-17H2,(H,25,30)(H,26,32). The van der Waals surface area contributed by atoms with Gasteiger partial charge in [-0.25, -0.2) is 4.68 Å². The van der Waals surface area contributed by atoms with Crippen molar-refractivity contribution in [2.75, 3.05) is 37.6 Å². The Morgan fingerprint density at radius 2 is 1.52 bits per heavy atom. The number of aryl methyl sites for hydroxylation is 1. The highest BCUT2D eigenvalue weighted by atomic mass is 16.2. The largest absolute Gasteiger partial charge is 0.368 e. The number of para-hydroxylation sites is 1. The van der Waals surface area contributed by atoms with Gasteiger partial charge in [-0.1, -0.05) is 30.3 Å². The molecule has 9 nitrogen and oxygen atoms in total. The molecular weight excluding hydrogens is 422 g/mol. The molecule has 1 fully saturated rings. The van der Waals surface area contributed by atoms with E-state index < -0.39 is 0 Å². The van der Waals surface area contributed by atoms with Crippen molar-refractivity contribution in [1.29, 1.82) is 0 Å². The predicted octanol–water partition coefficient (Wildman–Crippen LogP) is 0.935. The Labute approximate surface area is 190 Å². The van der Waals surface area contributed by atoms with Crippen LogP contribution in [0, 0.1) is 0 Å². The van der Waals surface area contributed by atoms with E-state index in [4.69, 9.17) is 0 Å². The molecule has 33 heavy (non-hydrogen) atoms. The maximum Gasteiger partial charge on any atom is 0.273 e. The second-order valence-corrected chi connectivity index (χ2v) is 8.00. The Hall–Kier alpha value is -3.88. The quantitative estimate of drug-likeness (QED) is 0.558. The van der Waals surface area contributed by atoms with Gasteiger partial charge < -0.3 is 15.1 Å². The van der Waals surface area contributed by atoms with Crippen molar-refractivity contribution >= 4 is 28.3 Å². The Bertz CT molecular complexity index is 1240. The van der Waals surface area contributed by atoms with Gasteiger partial charge in [0.25, 0.3) is 11.1 Å². The van der Waals surface area contributed by atoms with Crippen molar-refractivity contribution < 1.29 is 9.59 Å². The van der Waals surface area contributed by atoms with Gasteiger partial charge >= 0.3 is 0 Å². The van der Waals surface area contributed by atoms with E-state index in [1.165, 1.54) is 0 Å². The number of carbonyl (C=O) groups is 2. The van der Waals surface area contributed by atoms with Crippen LogP contribution in [0.25, 0.3) is 10.8 Å². The predicted molar refractivity (Wildman–Crippen MR) is 126 cm³/mol. The SMILES string of the molecule is O=C(CCn1[nH]c(=O)c2ccccc2c1=O)NCCC(=O)N1CCN(c2ccccc2)CC1. The van der Waals surface area contributed by atoms with E-state index in [-0.39, 0.29) is 48.9 Å². The molecule has 3 aromatic rings. The molecule has 0 radical (unpaired) electrons. The van der Waals surface area contributed by atoms with Crippen LogP contribution in [-0.2, 0) is 16.1 Å². The number of nitrogens with zero attached hydrogens (tertiary/aromatic N) is 3. The monoisotopic (exact) mass is 449 g/mol. The highest BCUT2D eigenvalue weighted by Crippen LogP contribution is 2.15. The van der Waals surface area contributed by atoms with Gasteiger partial charge in [0.2, 0.25) is 11.8 Å². The summed E-state index contributed by atoms with van der Waals surface area (Å²) in [6, 6.07) is 16.7. The molecule has 0 unspecified atom stereocenters. The molecule has 1 aromatic heterocycles. The van der Waals surface area contributed by atoms with Crippen LogP contribution in [0.1, 0.15) is 12.8 Å². The van der Waals surface area contributed by atoms with Crippen molar-refractivity contribution in [3.05, 3.63) is 75.3 Å². The van der Waals surface area contributed by atoms with Crippen LogP contribution in [0.5, 0.6) is 0 Å². The summed E-state index contributed by atoms with van der Waals surface area (Å²) in [5, 5.41) is 5.88. The maximum absolute atomic E-state index is 12.5. The zero-order valence-electron chi connectivity index (χ0n) is 18.3. The van der Waals surface area contributed by atoms with E-state index in [1.807, 2.05) is 23.1 Å². The van der Waals surface area contributed by atoms with Gasteiger partial charge in [-0.15, -0.1) is 0 Å². The zero-order valence-corrected chi connectivity index (χ0v) is 18.3. The first-order valence-electron chi connectivity index (χ1n) is 11.1. The lowest BCUT2D eigenvalue weighted by Gasteiger charge is -2.36. The highest BCUT2D eigenvalue weighted by molar-refractivity contribution is 5.80. The van der Waals surface area contributed by atoms with Gasteiger partial charge in [0.05, 0.1) is 17.3 Å². The molecule has 172 valence electrons. The van der Waals surface area contributed by atoms with Crippen LogP contribution in [0.3, 0.4) is 0 Å². The first-order chi connectivity index (χ1) is 16.0. The molecule has 0 spiro atoms. The molecule has 2 aromatic carbocycles. The summed E-state index contributed by atoms with van der Waals surface area (Å²) in [5.41, 5.74) is 0.440. The molecule has 1 saturated heterocycles. The number of hydrogen-bond donors (Lipinski definition) is 2. The minimum atomic E-state index is -0.372. The third-order valence-corrected chi connectivity index (χ3v) is 5.86. The van der Waals surface area contributed by atoms with Gasteiger partial charge in [-0.2, -0.15) is 0 Å². The molecule has 0 saturated carbocycles. The molecule has 2 amide bonds. The van der Waals surface area contributed by atoms with Crippen LogP contribution >= 0.6 is 0 Å². The lowest BCUT2D eigenvalue weighted by Crippen LogP contribution is -2.49. The van der Waals surface area contributed by atoms with Gasteiger partial charge in [-0.05, 0) is 24.3 Å². The Morgan fingerprint density at radius 1 is 0.848 bits per heavy atom. The number of piperazine rings is 1. The normalized spacial score (nSPS) is 13.8. The molecule has 0 aliphatic carbocycles. The lowest BCUT2D eigenvalue weighted by atomic mass is 10.2. The molecule has 0 atom stereocenters. The molecule has 1 aliphatic heterocycles. The van der Waals surface area contributed by atoms with Crippen molar-refractivity contribution in [3.8, 4) is 0 Å². The van der Waals surface area contributed by atoms with E-state index in [9.17, 15) is 19.2 Å². The molecule has 4 rings (SSSR count). The average Bonchev–Trinajstić information content (AvgIpc) is 2.86. The van der Waals surface area contributed by atoms with Crippen molar-refractivity contribution in [1.82, 2.24) is 20.0 Å². The third-order valence-electron chi connectivity index (χ3n) is 5.86. The first-order valence-corrected chi connectivity index (χ1v) is 11.1. The number of hydrogen-bond acceptors (Lipinski definition) is 5. The Morgan fingerprint density at radius 3 is 2.24 bits per heavy atom. The highest BCUT2D eigenvalue weighted by Gasteiger charge is 2.21. The summed E-state index contributed by atoms with van der Waals surface area (Å²) in [6.45, 7) is 3.15. The third kappa shape index (κ3) is 5.31. The number of anilines is 1. The van der Waals surface area contributed by atoms with Gasteiger partial charge in [0.1, 0.15) is 0 Å². The van der Waals surface area contributed by atoms with E-state index in [0.29, 0.717) is 23.9 Å². The average molecular weight is 450 g/mol. The molecule has 1 aliphatic rings. The maximum atomic E-state index is 12.5. The molecule has 2 N–H and O–H groups in total. The number of amides is 2. The zero-order chi connectivity index (χ0) is 23.2. The van der Waals surface area contributed by atoms with E-state index in [0.717, 1.165) is 23.5 Å². The van der Waals surface area contributed by atoms with Crippen LogP contribution in [0.15, 0.2) is 64.2 Å². The Balaban J connectivity index is 1.21. The van der Waals surface area contributed by atoms with Gasteiger partial charge in [0.15, 0.2) is 0 Å². The number of fused-ring (bicyclic) bond motifs is 1. The number of aromatic amines is 1. The number of nitrogens with one attached hydrogen (secondary N) is 2. The van der Waals surface area contributed by atoms with Crippen LogP contribution < -0.4 is 21.3 Å². The fourth-order valence-electron chi connectivity index (χ4n) is 4.03. The lowest BCUT2D eigenvalue weighted by molar-refractivity contribution is -0.131. The van der Waals surface area contributed by atoms with Crippen LogP contribution in [0.2, 0.25) is 0 Å². The van der Waals surface area contributed by atoms with E-state index >= 15 is 0 Å². The molecule has 0 bridgehead atoms.